The average Bonchev–Trinajstić information content (AvgIpc) is 2.60. The molecule has 0 N–H and O–H groups in total. The lowest BCUT2D eigenvalue weighted by Crippen LogP contribution is -2.42. The molecule has 150 valence electrons. The highest BCUT2D eigenvalue weighted by atomic mass is 16.6. The predicted octanol–water partition coefficient (Wildman–Crippen LogP) is 4.70. The molecule has 2 atom stereocenters. The summed E-state index contributed by atoms with van der Waals surface area (Å²) in [6.07, 6.45) is 5.29. The number of hydrogen-bond donors (Lipinski definition) is 0. The number of pyridine rings is 1. The van der Waals surface area contributed by atoms with Gasteiger partial charge in [0.15, 0.2) is 0 Å². The zero-order valence-electron chi connectivity index (χ0n) is 17.5. The van der Waals surface area contributed by atoms with Crippen LogP contribution < -0.4 is 4.90 Å². The van der Waals surface area contributed by atoms with E-state index in [1.165, 1.54) is 0 Å². The van der Waals surface area contributed by atoms with Crippen LogP contribution >= 0.6 is 0 Å². The maximum Gasteiger partial charge on any atom is 0.416 e. The molecule has 1 aromatic rings. The molecule has 0 aromatic carbocycles. The standard InChI is InChI=1S/C21H33N3O3/c1-7-15(2)24(20(26)27-21(4,5)6)19-12-11-17(14-22-19)18-10-8-9-13-23(18)16(3)25/h11-12,14-15,18H,7-10,13H2,1-6H3. The van der Waals surface area contributed by atoms with Crippen molar-refractivity contribution in [2.75, 3.05) is 11.4 Å². The normalized spacial score (nSPS) is 18.7. The number of ether oxygens (including phenoxy) is 1. The number of nitrogens with zero attached hydrogens (tertiary/aromatic N) is 3. The summed E-state index contributed by atoms with van der Waals surface area (Å²) >= 11 is 0. The topological polar surface area (TPSA) is 62.7 Å². The van der Waals surface area contributed by atoms with E-state index in [-0.39, 0.29) is 24.1 Å². The Labute approximate surface area is 162 Å². The molecule has 0 spiro atoms. The van der Waals surface area contributed by atoms with Gasteiger partial charge in [0.1, 0.15) is 11.4 Å². The Morgan fingerprint density at radius 3 is 2.56 bits per heavy atom. The quantitative estimate of drug-likeness (QED) is 0.765. The van der Waals surface area contributed by atoms with Crippen LogP contribution in [-0.4, -0.2) is 40.1 Å². The Kier molecular flexibility index (Phi) is 6.84. The number of carbonyl (C=O) groups is 2. The van der Waals surface area contributed by atoms with E-state index in [4.69, 9.17) is 4.74 Å². The van der Waals surface area contributed by atoms with Gasteiger partial charge in [-0.3, -0.25) is 9.69 Å². The number of aromatic nitrogens is 1. The summed E-state index contributed by atoms with van der Waals surface area (Å²) in [5.41, 5.74) is 0.453. The summed E-state index contributed by atoms with van der Waals surface area (Å²) in [6, 6.07) is 3.88. The van der Waals surface area contributed by atoms with Crippen molar-refractivity contribution in [3.8, 4) is 0 Å². The predicted molar refractivity (Wildman–Crippen MR) is 107 cm³/mol. The Hall–Kier alpha value is -2.11. The van der Waals surface area contributed by atoms with Crippen molar-refractivity contribution in [3.05, 3.63) is 23.9 Å². The molecule has 1 aromatic heterocycles. The molecule has 2 unspecified atom stereocenters. The Morgan fingerprint density at radius 1 is 1.33 bits per heavy atom. The van der Waals surface area contributed by atoms with Gasteiger partial charge in [-0.25, -0.2) is 9.78 Å². The van der Waals surface area contributed by atoms with Crippen LogP contribution in [0.2, 0.25) is 0 Å². The van der Waals surface area contributed by atoms with Gasteiger partial charge in [-0.1, -0.05) is 13.0 Å². The van der Waals surface area contributed by atoms with E-state index in [0.717, 1.165) is 37.8 Å². The van der Waals surface area contributed by atoms with Gasteiger partial charge in [0.05, 0.1) is 6.04 Å². The van der Waals surface area contributed by atoms with E-state index in [2.05, 4.69) is 4.98 Å². The minimum Gasteiger partial charge on any atom is -0.443 e. The first-order valence-electron chi connectivity index (χ1n) is 9.89. The van der Waals surface area contributed by atoms with Crippen LogP contribution in [0.1, 0.15) is 78.8 Å². The van der Waals surface area contributed by atoms with Crippen LogP contribution in [0.3, 0.4) is 0 Å². The summed E-state index contributed by atoms with van der Waals surface area (Å²) in [4.78, 5) is 32.7. The van der Waals surface area contributed by atoms with Gasteiger partial charge in [-0.15, -0.1) is 0 Å². The minimum atomic E-state index is -0.563. The SMILES string of the molecule is CCC(C)N(C(=O)OC(C)(C)C)c1ccc(C2CCCCN2C(C)=O)cn1. The molecule has 1 aliphatic rings. The van der Waals surface area contributed by atoms with E-state index in [1.54, 1.807) is 18.0 Å². The van der Waals surface area contributed by atoms with Crippen LogP contribution in [0.15, 0.2) is 18.3 Å². The van der Waals surface area contributed by atoms with E-state index < -0.39 is 5.60 Å². The molecule has 1 saturated heterocycles. The van der Waals surface area contributed by atoms with Gasteiger partial charge in [0.2, 0.25) is 5.91 Å². The Morgan fingerprint density at radius 2 is 2.04 bits per heavy atom. The second-order valence-electron chi connectivity index (χ2n) is 8.28. The van der Waals surface area contributed by atoms with E-state index in [1.807, 2.05) is 51.7 Å². The number of likely N-dealkylation sites (tertiary alicyclic amines) is 1. The Balaban J connectivity index is 2.26. The third kappa shape index (κ3) is 5.44. The molecule has 2 rings (SSSR count). The van der Waals surface area contributed by atoms with Gasteiger partial charge < -0.3 is 9.64 Å². The summed E-state index contributed by atoms with van der Waals surface area (Å²) in [6.45, 7) is 12.0. The molecule has 0 bridgehead atoms. The maximum absolute atomic E-state index is 12.7. The molecular weight excluding hydrogens is 342 g/mol. The summed E-state index contributed by atoms with van der Waals surface area (Å²) in [5.74, 6) is 0.672. The molecule has 1 fully saturated rings. The monoisotopic (exact) mass is 375 g/mol. The van der Waals surface area contributed by atoms with Crippen molar-refractivity contribution in [2.45, 2.75) is 84.9 Å². The summed E-state index contributed by atoms with van der Waals surface area (Å²) < 4.78 is 5.57. The highest BCUT2D eigenvalue weighted by molar-refractivity contribution is 5.87. The van der Waals surface area contributed by atoms with Crippen LogP contribution in [0.5, 0.6) is 0 Å². The zero-order valence-corrected chi connectivity index (χ0v) is 17.5. The van der Waals surface area contributed by atoms with Crippen molar-refractivity contribution in [1.29, 1.82) is 0 Å². The zero-order chi connectivity index (χ0) is 20.2. The number of piperidine rings is 1. The minimum absolute atomic E-state index is 0.0263. The summed E-state index contributed by atoms with van der Waals surface area (Å²) in [7, 11) is 0. The summed E-state index contributed by atoms with van der Waals surface area (Å²) in [5, 5.41) is 0. The third-order valence-electron chi connectivity index (χ3n) is 4.93. The number of amides is 2. The third-order valence-corrected chi connectivity index (χ3v) is 4.93. The second-order valence-corrected chi connectivity index (χ2v) is 8.28. The molecule has 27 heavy (non-hydrogen) atoms. The lowest BCUT2D eigenvalue weighted by atomic mass is 9.96. The fourth-order valence-corrected chi connectivity index (χ4v) is 3.39. The van der Waals surface area contributed by atoms with Gasteiger partial charge in [0, 0.05) is 25.7 Å². The van der Waals surface area contributed by atoms with Crippen LogP contribution in [0.25, 0.3) is 0 Å². The van der Waals surface area contributed by atoms with Crippen LogP contribution in [0, 0.1) is 0 Å². The second kappa shape index (κ2) is 8.72. The average molecular weight is 376 g/mol. The van der Waals surface area contributed by atoms with Crippen molar-refractivity contribution >= 4 is 17.8 Å². The first-order valence-corrected chi connectivity index (χ1v) is 9.89. The molecule has 0 saturated carbocycles. The Bertz CT molecular complexity index is 652. The lowest BCUT2D eigenvalue weighted by Gasteiger charge is -2.35. The number of rotatable bonds is 4. The number of carbonyl (C=O) groups excluding carboxylic acids is 2. The number of anilines is 1. The van der Waals surface area contributed by atoms with E-state index in [0.29, 0.717) is 5.82 Å². The van der Waals surface area contributed by atoms with Gasteiger partial charge in [-0.2, -0.15) is 0 Å². The van der Waals surface area contributed by atoms with E-state index >= 15 is 0 Å². The lowest BCUT2D eigenvalue weighted by molar-refractivity contribution is -0.132. The molecular formula is C21H33N3O3. The highest BCUT2D eigenvalue weighted by Gasteiger charge is 2.29. The van der Waals surface area contributed by atoms with Crippen molar-refractivity contribution in [3.63, 3.8) is 0 Å². The van der Waals surface area contributed by atoms with Crippen molar-refractivity contribution in [1.82, 2.24) is 9.88 Å². The molecule has 2 amide bonds. The first-order chi connectivity index (χ1) is 12.6. The molecule has 1 aliphatic heterocycles. The highest BCUT2D eigenvalue weighted by Crippen LogP contribution is 2.31. The molecule has 2 heterocycles. The van der Waals surface area contributed by atoms with Gasteiger partial charge in [-0.05, 0) is 65.0 Å². The maximum atomic E-state index is 12.7. The number of hydrogen-bond acceptors (Lipinski definition) is 4. The molecule has 0 radical (unpaired) electrons. The van der Waals surface area contributed by atoms with Crippen LogP contribution in [0.4, 0.5) is 10.6 Å². The fraction of sp³-hybridized carbons (Fsp3) is 0.667. The molecule has 6 nitrogen and oxygen atoms in total. The smallest absolute Gasteiger partial charge is 0.416 e. The fourth-order valence-electron chi connectivity index (χ4n) is 3.39. The largest absolute Gasteiger partial charge is 0.443 e. The van der Waals surface area contributed by atoms with Gasteiger partial charge >= 0.3 is 6.09 Å². The molecule has 6 heteroatoms. The molecule has 0 aliphatic carbocycles. The van der Waals surface area contributed by atoms with Gasteiger partial charge in [0.25, 0.3) is 0 Å². The first kappa shape index (κ1) is 21.2. The van der Waals surface area contributed by atoms with Crippen molar-refractivity contribution < 1.29 is 14.3 Å². The van der Waals surface area contributed by atoms with Crippen molar-refractivity contribution in [2.24, 2.45) is 0 Å². The van der Waals surface area contributed by atoms with E-state index in [9.17, 15) is 9.59 Å². The van der Waals surface area contributed by atoms with Crippen LogP contribution in [-0.2, 0) is 9.53 Å².